The molecule has 2 rings (SSSR count). The molecule has 0 aromatic carbocycles. The number of hydrogen-bond acceptors (Lipinski definition) is 2. The first-order chi connectivity index (χ1) is 6.18. The second kappa shape index (κ2) is 3.01. The van der Waals surface area contributed by atoms with Crippen molar-refractivity contribution < 1.29 is 9.59 Å². The molecule has 4 heteroatoms. The monoisotopic (exact) mass is 182 g/mol. The Kier molecular flexibility index (Phi) is 1.98. The minimum Gasteiger partial charge on any atom is -0.339 e. The average Bonchev–Trinajstić information content (AvgIpc) is 2.47. The van der Waals surface area contributed by atoms with Gasteiger partial charge in [-0.2, -0.15) is 0 Å². The Hall–Kier alpha value is -1.06. The minimum atomic E-state index is 0.124. The molecule has 0 bridgehead atoms. The Balaban J connectivity index is 2.03. The van der Waals surface area contributed by atoms with Crippen LogP contribution in [0.4, 0.5) is 0 Å². The molecule has 2 heterocycles. The maximum absolute atomic E-state index is 11.3. The molecule has 2 saturated heterocycles. The average molecular weight is 182 g/mol. The minimum absolute atomic E-state index is 0.124. The van der Waals surface area contributed by atoms with Crippen molar-refractivity contribution in [2.75, 3.05) is 19.6 Å². The quantitative estimate of drug-likeness (QED) is 0.522. The lowest BCUT2D eigenvalue weighted by Gasteiger charge is -2.37. The van der Waals surface area contributed by atoms with Crippen LogP contribution in [0.15, 0.2) is 0 Å². The summed E-state index contributed by atoms with van der Waals surface area (Å²) in [4.78, 5) is 26.1. The first-order valence-corrected chi connectivity index (χ1v) is 4.73. The van der Waals surface area contributed by atoms with Crippen molar-refractivity contribution in [2.45, 2.75) is 25.8 Å². The zero-order valence-electron chi connectivity index (χ0n) is 7.82. The van der Waals surface area contributed by atoms with E-state index in [1.54, 1.807) is 6.92 Å². The van der Waals surface area contributed by atoms with Gasteiger partial charge >= 0.3 is 0 Å². The van der Waals surface area contributed by atoms with Gasteiger partial charge in [0.15, 0.2) is 0 Å². The van der Waals surface area contributed by atoms with Crippen LogP contribution in [0.3, 0.4) is 0 Å². The third kappa shape index (κ3) is 1.41. The van der Waals surface area contributed by atoms with E-state index in [4.69, 9.17) is 0 Å². The number of fused-ring (bicyclic) bond motifs is 1. The molecule has 1 unspecified atom stereocenters. The van der Waals surface area contributed by atoms with Crippen LogP contribution in [0.5, 0.6) is 0 Å². The van der Waals surface area contributed by atoms with Gasteiger partial charge in [0.1, 0.15) is 0 Å². The molecule has 2 fully saturated rings. The van der Waals surface area contributed by atoms with Gasteiger partial charge < -0.3 is 9.80 Å². The fourth-order valence-corrected chi connectivity index (χ4v) is 2.15. The van der Waals surface area contributed by atoms with E-state index in [1.165, 1.54) is 0 Å². The molecular weight excluding hydrogens is 168 g/mol. The molecule has 0 aliphatic carbocycles. The summed E-state index contributed by atoms with van der Waals surface area (Å²) in [5.74, 6) is 0.382. The summed E-state index contributed by atoms with van der Waals surface area (Å²) in [7, 11) is 0. The van der Waals surface area contributed by atoms with Crippen molar-refractivity contribution in [1.82, 2.24) is 9.80 Å². The number of nitrogens with zero attached hydrogens (tertiary/aromatic N) is 2. The van der Waals surface area contributed by atoms with Crippen molar-refractivity contribution in [3.8, 4) is 0 Å². The highest BCUT2D eigenvalue weighted by Gasteiger charge is 2.35. The molecular formula is C9H14N2O2. The zero-order chi connectivity index (χ0) is 9.42. The molecule has 0 aromatic rings. The van der Waals surface area contributed by atoms with Crippen LogP contribution in [0.2, 0.25) is 0 Å². The van der Waals surface area contributed by atoms with Gasteiger partial charge in [-0.3, -0.25) is 9.59 Å². The number of carbonyl (C=O) groups is 2. The molecule has 2 aliphatic heterocycles. The summed E-state index contributed by atoms with van der Waals surface area (Å²) in [6, 6.07) is 0.296. The van der Waals surface area contributed by atoms with E-state index >= 15 is 0 Å². The van der Waals surface area contributed by atoms with Crippen molar-refractivity contribution >= 4 is 11.8 Å². The molecule has 2 aliphatic rings. The Morgan fingerprint density at radius 2 is 2.23 bits per heavy atom. The highest BCUT2D eigenvalue weighted by molar-refractivity contribution is 5.80. The van der Waals surface area contributed by atoms with Crippen LogP contribution >= 0.6 is 0 Å². The van der Waals surface area contributed by atoms with Crippen molar-refractivity contribution in [3.05, 3.63) is 0 Å². The van der Waals surface area contributed by atoms with Gasteiger partial charge in [-0.05, 0) is 6.42 Å². The number of hydrogen-bond donors (Lipinski definition) is 0. The van der Waals surface area contributed by atoms with Gasteiger partial charge in [-0.1, -0.05) is 0 Å². The van der Waals surface area contributed by atoms with Crippen LogP contribution in [0, 0.1) is 0 Å². The summed E-state index contributed by atoms with van der Waals surface area (Å²) in [6.45, 7) is 3.76. The lowest BCUT2D eigenvalue weighted by molar-refractivity contribution is -0.137. The number of amides is 2. The van der Waals surface area contributed by atoms with E-state index in [0.717, 1.165) is 19.5 Å². The third-order valence-electron chi connectivity index (χ3n) is 2.94. The molecule has 2 amide bonds. The summed E-state index contributed by atoms with van der Waals surface area (Å²) >= 11 is 0. The van der Waals surface area contributed by atoms with Crippen molar-refractivity contribution in [1.29, 1.82) is 0 Å². The lowest BCUT2D eigenvalue weighted by Crippen LogP contribution is -2.52. The van der Waals surface area contributed by atoms with Gasteiger partial charge in [0, 0.05) is 39.0 Å². The van der Waals surface area contributed by atoms with Gasteiger partial charge in [0.2, 0.25) is 11.8 Å². The molecule has 0 aromatic heterocycles. The van der Waals surface area contributed by atoms with Gasteiger partial charge in [-0.25, -0.2) is 0 Å². The normalized spacial score (nSPS) is 27.8. The van der Waals surface area contributed by atoms with Crippen molar-refractivity contribution in [3.63, 3.8) is 0 Å². The predicted octanol–water partition coefficient (Wildman–Crippen LogP) is -0.161. The SMILES string of the molecule is CC(=O)N1CCN2C(=O)CCC2C1. The summed E-state index contributed by atoms with van der Waals surface area (Å²) in [5, 5.41) is 0. The largest absolute Gasteiger partial charge is 0.339 e. The number of rotatable bonds is 0. The highest BCUT2D eigenvalue weighted by atomic mass is 16.2. The van der Waals surface area contributed by atoms with E-state index in [1.807, 2.05) is 9.80 Å². The van der Waals surface area contributed by atoms with Crippen LogP contribution in [-0.2, 0) is 9.59 Å². The first kappa shape index (κ1) is 8.53. The third-order valence-corrected chi connectivity index (χ3v) is 2.94. The molecule has 0 spiro atoms. The summed E-state index contributed by atoms with van der Waals surface area (Å²) in [6.07, 6.45) is 1.58. The molecule has 0 saturated carbocycles. The second-order valence-corrected chi connectivity index (χ2v) is 3.74. The first-order valence-electron chi connectivity index (χ1n) is 4.73. The Morgan fingerprint density at radius 3 is 2.92 bits per heavy atom. The number of carbonyl (C=O) groups excluding carboxylic acids is 2. The highest BCUT2D eigenvalue weighted by Crippen LogP contribution is 2.22. The molecule has 0 radical (unpaired) electrons. The molecule has 1 atom stereocenters. The topological polar surface area (TPSA) is 40.6 Å². The summed E-state index contributed by atoms with van der Waals surface area (Å²) in [5.41, 5.74) is 0. The lowest BCUT2D eigenvalue weighted by atomic mass is 10.1. The second-order valence-electron chi connectivity index (χ2n) is 3.74. The van der Waals surface area contributed by atoms with Crippen LogP contribution < -0.4 is 0 Å². The van der Waals surface area contributed by atoms with E-state index in [9.17, 15) is 9.59 Å². The predicted molar refractivity (Wildman–Crippen MR) is 47.0 cm³/mol. The van der Waals surface area contributed by atoms with Crippen LogP contribution in [-0.4, -0.2) is 47.3 Å². The van der Waals surface area contributed by atoms with Crippen LogP contribution in [0.1, 0.15) is 19.8 Å². The smallest absolute Gasteiger partial charge is 0.223 e. The van der Waals surface area contributed by atoms with E-state index in [-0.39, 0.29) is 11.8 Å². The Morgan fingerprint density at radius 1 is 1.46 bits per heavy atom. The maximum atomic E-state index is 11.3. The molecule has 13 heavy (non-hydrogen) atoms. The van der Waals surface area contributed by atoms with E-state index in [2.05, 4.69) is 0 Å². The Bertz CT molecular complexity index is 252. The van der Waals surface area contributed by atoms with E-state index < -0.39 is 0 Å². The number of piperazine rings is 1. The fraction of sp³-hybridized carbons (Fsp3) is 0.778. The standard InChI is InChI=1S/C9H14N2O2/c1-7(12)10-4-5-11-8(6-10)2-3-9(11)13/h8H,2-6H2,1H3. The molecule has 72 valence electrons. The fourth-order valence-electron chi connectivity index (χ4n) is 2.15. The zero-order valence-corrected chi connectivity index (χ0v) is 7.82. The van der Waals surface area contributed by atoms with Gasteiger partial charge in [-0.15, -0.1) is 0 Å². The Labute approximate surface area is 77.5 Å². The molecule has 4 nitrogen and oxygen atoms in total. The van der Waals surface area contributed by atoms with Gasteiger partial charge in [0.05, 0.1) is 0 Å². The molecule has 0 N–H and O–H groups in total. The van der Waals surface area contributed by atoms with Gasteiger partial charge in [0.25, 0.3) is 0 Å². The maximum Gasteiger partial charge on any atom is 0.223 e. The van der Waals surface area contributed by atoms with Crippen molar-refractivity contribution in [2.24, 2.45) is 0 Å². The summed E-state index contributed by atoms with van der Waals surface area (Å²) < 4.78 is 0. The van der Waals surface area contributed by atoms with E-state index in [0.29, 0.717) is 19.0 Å². The van der Waals surface area contributed by atoms with Crippen LogP contribution in [0.25, 0.3) is 0 Å².